The lowest BCUT2D eigenvalue weighted by atomic mass is 10.9. The van der Waals surface area contributed by atoms with Gasteiger partial charge in [-0.25, -0.2) is 0 Å². The van der Waals surface area contributed by atoms with Crippen LogP contribution in [0.4, 0.5) is 0 Å². The fraction of sp³-hybridized carbons (Fsp3) is 1.00. The molecular formula is C9H26O13P5Si2+. The van der Waals surface area contributed by atoms with E-state index in [1.165, 1.54) is 33.6 Å². The topological polar surface area (TPSA) is 159 Å². The van der Waals surface area contributed by atoms with Gasteiger partial charge in [0, 0.05) is 46.6 Å². The van der Waals surface area contributed by atoms with Crippen LogP contribution in [0.25, 0.3) is 0 Å². The maximum absolute atomic E-state index is 13.1. The van der Waals surface area contributed by atoms with E-state index in [9.17, 15) is 22.8 Å². The summed E-state index contributed by atoms with van der Waals surface area (Å²) in [5.41, 5.74) is 0. The van der Waals surface area contributed by atoms with Crippen LogP contribution in [0.3, 0.4) is 0 Å². The molecule has 0 bridgehead atoms. The van der Waals surface area contributed by atoms with E-state index in [1.54, 1.807) is 0 Å². The van der Waals surface area contributed by atoms with Crippen LogP contribution in [0.15, 0.2) is 0 Å². The van der Waals surface area contributed by atoms with Gasteiger partial charge >= 0.3 is 41.3 Å². The fourth-order valence-electron chi connectivity index (χ4n) is 1.92. The number of hydrogen-bond acceptors (Lipinski definition) is 13. The van der Waals surface area contributed by atoms with E-state index in [0.717, 1.165) is 20.0 Å². The number of rotatable bonds is 12. The van der Waals surface area contributed by atoms with Gasteiger partial charge in [0.05, 0.1) is 0 Å². The van der Waals surface area contributed by atoms with Crippen molar-refractivity contribution in [2.75, 3.05) is 53.3 Å². The van der Waals surface area contributed by atoms with Crippen molar-refractivity contribution in [3.63, 3.8) is 0 Å². The van der Waals surface area contributed by atoms with Crippen molar-refractivity contribution in [2.24, 2.45) is 0 Å². The molecule has 0 aromatic rings. The van der Waals surface area contributed by atoms with E-state index in [4.69, 9.17) is 33.9 Å². The second-order valence-electron chi connectivity index (χ2n) is 6.56. The second kappa shape index (κ2) is 9.55. The maximum Gasteiger partial charge on any atom is 0.737 e. The highest BCUT2D eigenvalue weighted by Gasteiger charge is 2.70. The molecule has 13 nitrogen and oxygen atoms in total. The summed E-state index contributed by atoms with van der Waals surface area (Å²) in [7, 11) is -25.8. The third-order valence-corrected chi connectivity index (χ3v) is 19.1. The minimum atomic E-state index is -4.53. The molecule has 172 valence electrons. The van der Waals surface area contributed by atoms with Crippen molar-refractivity contribution < 1.29 is 56.7 Å². The van der Waals surface area contributed by atoms with Gasteiger partial charge < -0.3 is 4.43 Å². The average Bonchev–Trinajstić information content (AvgIpc) is 2.27. The minimum absolute atomic E-state index is 0.0925. The average molecular weight is 553 g/mol. The Morgan fingerprint density at radius 3 is 1.86 bits per heavy atom. The molecule has 29 heavy (non-hydrogen) atoms. The van der Waals surface area contributed by atoms with E-state index in [-0.39, 0.29) is 6.61 Å². The van der Waals surface area contributed by atoms with Gasteiger partial charge in [-0.1, -0.05) is 4.21 Å². The van der Waals surface area contributed by atoms with Gasteiger partial charge in [0.25, 0.3) is 0 Å². The maximum atomic E-state index is 13.1. The standard InChI is InChI=1S/C9H26O13P5Si2/c1-9-15-28(16-23(2)10,17-24(3,4)11)19-26(7,13)20-29(18-25(5,6)12)21-27(8,14)22-29/h9H2,1-8H3/q+1. The SMILES string of the molecule is CCO[Si](O[P+](C)=O)(OP(C)(C)=O)OP(C)(=O)O[Si]1(OP(C)(C)=O)OP(C)(=O)O1. The predicted octanol–water partition coefficient (Wildman–Crippen LogP) is 4.12. The molecule has 1 fully saturated rings. The molecule has 1 rings (SSSR count). The molecule has 20 heteroatoms. The quantitative estimate of drug-likeness (QED) is 0.251. The van der Waals surface area contributed by atoms with E-state index >= 15 is 0 Å². The van der Waals surface area contributed by atoms with Gasteiger partial charge in [0.1, 0.15) is 0 Å². The molecule has 1 aliphatic heterocycles. The lowest BCUT2D eigenvalue weighted by molar-refractivity contribution is 0.0738. The van der Waals surface area contributed by atoms with E-state index in [0.29, 0.717) is 0 Å². The van der Waals surface area contributed by atoms with Crippen molar-refractivity contribution in [1.29, 1.82) is 0 Å². The summed E-state index contributed by atoms with van der Waals surface area (Å²) in [5, 5.41) is 0. The normalized spacial score (nSPS) is 30.1. The summed E-state index contributed by atoms with van der Waals surface area (Å²) in [4.78, 5) is 0. The first-order valence-electron chi connectivity index (χ1n) is 7.95. The third kappa shape index (κ3) is 10.1. The summed E-state index contributed by atoms with van der Waals surface area (Å²) in [6.45, 7) is 9.53. The highest BCUT2D eigenvalue weighted by Crippen LogP contribution is 2.67. The lowest BCUT2D eigenvalue weighted by Crippen LogP contribution is -2.54. The smallest absolute Gasteiger partial charge is 0.349 e. The van der Waals surface area contributed by atoms with Crippen LogP contribution in [0.1, 0.15) is 6.92 Å². The molecular weight excluding hydrogens is 527 g/mol. The molecule has 0 spiro atoms. The molecule has 0 N–H and O–H groups in total. The van der Waals surface area contributed by atoms with Gasteiger partial charge in [-0.15, -0.1) is 0 Å². The van der Waals surface area contributed by atoms with E-state index in [1.807, 2.05) is 0 Å². The van der Waals surface area contributed by atoms with Crippen LogP contribution < -0.4 is 0 Å². The zero-order valence-corrected chi connectivity index (χ0v) is 23.7. The van der Waals surface area contributed by atoms with Crippen LogP contribution in [-0.4, -0.2) is 71.4 Å². The highest BCUT2D eigenvalue weighted by molar-refractivity contribution is 7.64. The van der Waals surface area contributed by atoms with Gasteiger partial charge in [-0.05, 0) is 11.5 Å². The Balaban J connectivity index is 3.23. The van der Waals surface area contributed by atoms with Crippen molar-refractivity contribution in [3.05, 3.63) is 0 Å². The minimum Gasteiger partial charge on any atom is -0.349 e. The van der Waals surface area contributed by atoms with Crippen LogP contribution >= 0.6 is 38.0 Å². The molecule has 1 aliphatic rings. The van der Waals surface area contributed by atoms with E-state index in [2.05, 4.69) is 0 Å². The summed E-state index contributed by atoms with van der Waals surface area (Å²) in [5.74, 6) is 0. The lowest BCUT2D eigenvalue weighted by Gasteiger charge is -2.41. The Labute approximate surface area is 173 Å². The van der Waals surface area contributed by atoms with Gasteiger partial charge in [-0.2, -0.15) is 0 Å². The summed E-state index contributed by atoms with van der Waals surface area (Å²) in [6.07, 6.45) is 0. The summed E-state index contributed by atoms with van der Waals surface area (Å²) < 4.78 is 102. The molecule has 1 heterocycles. The Bertz CT molecular complexity index is 811. The Kier molecular flexibility index (Phi) is 9.28. The first-order valence-corrected chi connectivity index (χ1v) is 21.9. The summed E-state index contributed by atoms with van der Waals surface area (Å²) in [6, 6.07) is 0. The Hall–Kier alpha value is 1.13. The van der Waals surface area contributed by atoms with Gasteiger partial charge in [0.2, 0.25) is 0 Å². The first kappa shape index (κ1) is 28.2. The van der Waals surface area contributed by atoms with Gasteiger partial charge in [0.15, 0.2) is 21.4 Å². The fourth-order valence-corrected chi connectivity index (χ4v) is 19.0. The van der Waals surface area contributed by atoms with Crippen LogP contribution in [-0.2, 0) is 56.7 Å². The van der Waals surface area contributed by atoms with E-state index < -0.39 is 56.1 Å². The van der Waals surface area contributed by atoms with Crippen molar-refractivity contribution in [1.82, 2.24) is 0 Å². The first-order chi connectivity index (χ1) is 12.7. The second-order valence-corrected chi connectivity index (χ2v) is 22.9. The molecule has 0 radical (unpaired) electrons. The molecule has 0 saturated carbocycles. The molecule has 0 aromatic heterocycles. The third-order valence-electron chi connectivity index (χ3n) is 2.34. The molecule has 3 atom stereocenters. The van der Waals surface area contributed by atoms with Crippen molar-refractivity contribution in [2.45, 2.75) is 6.92 Å². The zero-order chi connectivity index (χ0) is 22.9. The Morgan fingerprint density at radius 2 is 1.52 bits per heavy atom. The van der Waals surface area contributed by atoms with Crippen LogP contribution in [0, 0.1) is 0 Å². The highest BCUT2D eigenvalue weighted by atomic mass is 31.2. The monoisotopic (exact) mass is 553 g/mol. The zero-order valence-electron chi connectivity index (χ0n) is 17.3. The van der Waals surface area contributed by atoms with Crippen molar-refractivity contribution in [3.8, 4) is 0 Å². The van der Waals surface area contributed by atoms with Crippen LogP contribution in [0.5, 0.6) is 0 Å². The Morgan fingerprint density at radius 1 is 1.00 bits per heavy atom. The molecule has 0 amide bonds. The predicted molar refractivity (Wildman–Crippen MR) is 110 cm³/mol. The molecule has 3 unspecified atom stereocenters. The van der Waals surface area contributed by atoms with Gasteiger partial charge in [-0.3, -0.25) is 43.5 Å². The summed E-state index contributed by atoms with van der Waals surface area (Å²) >= 11 is 0. The molecule has 0 aliphatic carbocycles. The number of hydrogen-bond donors (Lipinski definition) is 0. The largest absolute Gasteiger partial charge is 0.737 e. The van der Waals surface area contributed by atoms with Crippen LogP contribution in [0.2, 0.25) is 0 Å². The molecule has 0 aromatic carbocycles. The molecule has 1 saturated heterocycles. The van der Waals surface area contributed by atoms with Crippen molar-refractivity contribution >= 4 is 56.1 Å².